The second-order valence-corrected chi connectivity index (χ2v) is 7.16. The van der Waals surface area contributed by atoms with Crippen molar-refractivity contribution in [3.63, 3.8) is 0 Å². The standard InChI is InChI=1S/C12H20N4O2S/c1-2-15-10-12(8-13-15)19(17,18)16-7-6-14-5-3-4-11(14)9-16/h8,10-11H,2-7,9H2,1H3/t11-/m0/s1. The summed E-state index contributed by atoms with van der Waals surface area (Å²) in [7, 11) is -3.37. The molecule has 7 heteroatoms. The third-order valence-corrected chi connectivity index (χ3v) is 5.94. The monoisotopic (exact) mass is 284 g/mol. The highest BCUT2D eigenvalue weighted by Crippen LogP contribution is 2.25. The molecule has 6 nitrogen and oxygen atoms in total. The van der Waals surface area contributed by atoms with Crippen LogP contribution in [0, 0.1) is 0 Å². The van der Waals surface area contributed by atoms with Crippen molar-refractivity contribution in [2.75, 3.05) is 26.2 Å². The summed E-state index contributed by atoms with van der Waals surface area (Å²) < 4.78 is 28.4. The molecule has 0 aromatic carbocycles. The first-order valence-electron chi connectivity index (χ1n) is 6.88. The molecule has 0 unspecified atom stereocenters. The molecule has 2 saturated heterocycles. The van der Waals surface area contributed by atoms with E-state index >= 15 is 0 Å². The Balaban J connectivity index is 1.80. The van der Waals surface area contributed by atoms with Crippen LogP contribution in [-0.4, -0.2) is 59.6 Å². The van der Waals surface area contributed by atoms with E-state index in [9.17, 15) is 8.42 Å². The summed E-state index contributed by atoms with van der Waals surface area (Å²) in [4.78, 5) is 2.72. The Morgan fingerprint density at radius 2 is 2.21 bits per heavy atom. The number of rotatable bonds is 3. The highest BCUT2D eigenvalue weighted by atomic mass is 32.2. The zero-order valence-electron chi connectivity index (χ0n) is 11.2. The van der Waals surface area contributed by atoms with Crippen LogP contribution in [0.15, 0.2) is 17.3 Å². The van der Waals surface area contributed by atoms with Crippen molar-refractivity contribution in [2.45, 2.75) is 37.2 Å². The number of nitrogens with zero attached hydrogens (tertiary/aromatic N) is 4. The molecule has 19 heavy (non-hydrogen) atoms. The van der Waals surface area contributed by atoms with Crippen LogP contribution in [-0.2, 0) is 16.6 Å². The minimum atomic E-state index is -3.37. The lowest BCUT2D eigenvalue weighted by Crippen LogP contribution is -2.51. The van der Waals surface area contributed by atoms with Crippen LogP contribution in [0.5, 0.6) is 0 Å². The average Bonchev–Trinajstić information content (AvgIpc) is 3.06. The molecule has 1 aromatic rings. The highest BCUT2D eigenvalue weighted by Gasteiger charge is 2.36. The van der Waals surface area contributed by atoms with Crippen molar-refractivity contribution >= 4 is 10.0 Å². The Hall–Kier alpha value is -0.920. The predicted molar refractivity (Wildman–Crippen MR) is 71.3 cm³/mol. The van der Waals surface area contributed by atoms with E-state index in [0.717, 1.165) is 19.5 Å². The van der Waals surface area contributed by atoms with Crippen LogP contribution in [0.2, 0.25) is 0 Å². The van der Waals surface area contributed by atoms with Crippen LogP contribution in [0.4, 0.5) is 0 Å². The van der Waals surface area contributed by atoms with Gasteiger partial charge in [0.2, 0.25) is 10.0 Å². The molecule has 0 aliphatic carbocycles. The maximum absolute atomic E-state index is 12.6. The molecule has 0 radical (unpaired) electrons. The molecule has 2 aliphatic heterocycles. The fourth-order valence-corrected chi connectivity index (χ4v) is 4.40. The van der Waals surface area contributed by atoms with Gasteiger partial charge in [-0.1, -0.05) is 0 Å². The van der Waals surface area contributed by atoms with E-state index in [2.05, 4.69) is 10.00 Å². The van der Waals surface area contributed by atoms with Crippen molar-refractivity contribution in [1.29, 1.82) is 0 Å². The van der Waals surface area contributed by atoms with Crippen LogP contribution in [0.3, 0.4) is 0 Å². The summed E-state index contributed by atoms with van der Waals surface area (Å²) in [5, 5.41) is 4.06. The van der Waals surface area contributed by atoms with E-state index < -0.39 is 10.0 Å². The molecule has 2 fully saturated rings. The third kappa shape index (κ3) is 2.30. The van der Waals surface area contributed by atoms with Gasteiger partial charge in [-0.25, -0.2) is 8.42 Å². The average molecular weight is 284 g/mol. The van der Waals surface area contributed by atoms with Gasteiger partial charge in [0.05, 0.1) is 6.20 Å². The minimum absolute atomic E-state index is 0.320. The summed E-state index contributed by atoms with van der Waals surface area (Å²) >= 11 is 0. The number of sulfonamides is 1. The number of hydrogen-bond acceptors (Lipinski definition) is 4. The number of fused-ring (bicyclic) bond motifs is 1. The van der Waals surface area contributed by atoms with Gasteiger partial charge in [-0.3, -0.25) is 9.58 Å². The second kappa shape index (κ2) is 4.88. The largest absolute Gasteiger partial charge is 0.298 e. The van der Waals surface area contributed by atoms with Gasteiger partial charge in [0.1, 0.15) is 4.90 Å². The maximum atomic E-state index is 12.6. The normalized spacial score (nSPS) is 25.6. The maximum Gasteiger partial charge on any atom is 0.246 e. The van der Waals surface area contributed by atoms with Gasteiger partial charge >= 0.3 is 0 Å². The number of piperazine rings is 1. The second-order valence-electron chi connectivity index (χ2n) is 5.23. The number of hydrogen-bond donors (Lipinski definition) is 0. The van der Waals surface area contributed by atoms with Crippen molar-refractivity contribution < 1.29 is 8.42 Å². The summed E-state index contributed by atoms with van der Waals surface area (Å²) in [6, 6.07) is 0.407. The van der Waals surface area contributed by atoms with E-state index in [-0.39, 0.29) is 0 Å². The first-order chi connectivity index (χ1) is 9.11. The minimum Gasteiger partial charge on any atom is -0.298 e. The Kier molecular flexibility index (Phi) is 3.36. The van der Waals surface area contributed by atoms with Crippen molar-refractivity contribution in [3.8, 4) is 0 Å². The molecule has 1 aromatic heterocycles. The Morgan fingerprint density at radius 1 is 1.37 bits per heavy atom. The lowest BCUT2D eigenvalue weighted by atomic mass is 10.2. The molecule has 3 heterocycles. The fourth-order valence-electron chi connectivity index (χ4n) is 2.98. The van der Waals surface area contributed by atoms with Gasteiger partial charge in [-0.05, 0) is 26.3 Å². The molecular formula is C12H20N4O2S. The van der Waals surface area contributed by atoms with Crippen molar-refractivity contribution in [3.05, 3.63) is 12.4 Å². The van der Waals surface area contributed by atoms with Gasteiger partial charge < -0.3 is 0 Å². The van der Waals surface area contributed by atoms with Crippen molar-refractivity contribution in [2.24, 2.45) is 0 Å². The van der Waals surface area contributed by atoms with Crippen LogP contribution in [0.1, 0.15) is 19.8 Å². The molecule has 106 valence electrons. The smallest absolute Gasteiger partial charge is 0.246 e. The third-order valence-electron chi connectivity index (χ3n) is 4.12. The Labute approximate surface area is 114 Å². The van der Waals surface area contributed by atoms with Gasteiger partial charge in [0, 0.05) is 38.4 Å². The van der Waals surface area contributed by atoms with E-state index in [0.29, 0.717) is 30.6 Å². The zero-order valence-corrected chi connectivity index (χ0v) is 12.0. The topological polar surface area (TPSA) is 58.4 Å². The summed E-state index contributed by atoms with van der Waals surface area (Å²) in [5.41, 5.74) is 0. The quantitative estimate of drug-likeness (QED) is 0.805. The summed E-state index contributed by atoms with van der Waals surface area (Å²) in [6.07, 6.45) is 5.38. The Morgan fingerprint density at radius 3 is 2.95 bits per heavy atom. The molecule has 0 spiro atoms. The fraction of sp³-hybridized carbons (Fsp3) is 0.750. The zero-order chi connectivity index (χ0) is 13.5. The van der Waals surface area contributed by atoms with Gasteiger partial charge in [-0.15, -0.1) is 0 Å². The van der Waals surface area contributed by atoms with Crippen LogP contribution < -0.4 is 0 Å². The van der Waals surface area contributed by atoms with Crippen molar-refractivity contribution in [1.82, 2.24) is 19.0 Å². The van der Waals surface area contributed by atoms with Crippen LogP contribution in [0.25, 0.3) is 0 Å². The highest BCUT2D eigenvalue weighted by molar-refractivity contribution is 7.89. The van der Waals surface area contributed by atoms with E-state index in [1.165, 1.54) is 12.6 Å². The first kappa shape index (κ1) is 13.1. The van der Waals surface area contributed by atoms with E-state index in [4.69, 9.17) is 0 Å². The van der Waals surface area contributed by atoms with Gasteiger partial charge in [-0.2, -0.15) is 9.40 Å². The SMILES string of the molecule is CCn1cc(S(=O)(=O)N2CCN3CCC[C@H]3C2)cn1. The lowest BCUT2D eigenvalue weighted by molar-refractivity contribution is 0.158. The number of aromatic nitrogens is 2. The molecule has 3 rings (SSSR count). The molecule has 0 N–H and O–H groups in total. The molecule has 0 saturated carbocycles. The van der Waals surface area contributed by atoms with Crippen LogP contribution >= 0.6 is 0 Å². The first-order valence-corrected chi connectivity index (χ1v) is 8.32. The number of aryl methyl sites for hydroxylation is 1. The molecule has 0 amide bonds. The van der Waals surface area contributed by atoms with Gasteiger partial charge in [0.25, 0.3) is 0 Å². The lowest BCUT2D eigenvalue weighted by Gasteiger charge is -2.36. The molecule has 0 bridgehead atoms. The summed E-state index contributed by atoms with van der Waals surface area (Å²) in [5.74, 6) is 0. The predicted octanol–water partition coefficient (Wildman–Crippen LogP) is 0.372. The van der Waals surface area contributed by atoms with E-state index in [1.807, 2.05) is 6.92 Å². The Bertz CT molecular complexity index is 554. The molecule has 1 atom stereocenters. The molecule has 2 aliphatic rings. The van der Waals surface area contributed by atoms with E-state index in [1.54, 1.807) is 15.2 Å². The summed E-state index contributed by atoms with van der Waals surface area (Å²) in [6.45, 7) is 5.82. The molecular weight excluding hydrogens is 264 g/mol. The van der Waals surface area contributed by atoms with Gasteiger partial charge in [0.15, 0.2) is 0 Å².